The van der Waals surface area contributed by atoms with E-state index in [2.05, 4.69) is 23.1 Å². The van der Waals surface area contributed by atoms with Crippen LogP contribution in [0, 0.1) is 6.92 Å². The van der Waals surface area contributed by atoms with Crippen LogP contribution >= 0.6 is 11.6 Å². The fourth-order valence-corrected chi connectivity index (χ4v) is 7.17. The number of amides is 2. The van der Waals surface area contributed by atoms with Crippen molar-refractivity contribution >= 4 is 34.8 Å². The first-order valence-corrected chi connectivity index (χ1v) is 17.0. The molecule has 2 aliphatic heterocycles. The van der Waals surface area contributed by atoms with Gasteiger partial charge in [-0.2, -0.15) is 0 Å². The van der Waals surface area contributed by atoms with Crippen LogP contribution in [0.4, 0.5) is 11.4 Å². The van der Waals surface area contributed by atoms with Gasteiger partial charge in [0.25, 0.3) is 11.8 Å². The highest BCUT2D eigenvalue weighted by molar-refractivity contribution is 6.31. The quantitative estimate of drug-likeness (QED) is 0.197. The van der Waals surface area contributed by atoms with Crippen LogP contribution in [-0.4, -0.2) is 70.2 Å². The fraction of sp³-hybridized carbons (Fsp3) is 0.250. The molecule has 2 aliphatic rings. The summed E-state index contributed by atoms with van der Waals surface area (Å²) >= 11 is 6.62. The largest absolute Gasteiger partial charge is 0.508 e. The van der Waals surface area contributed by atoms with Gasteiger partial charge in [0.2, 0.25) is 0 Å². The zero-order chi connectivity index (χ0) is 34.1. The fourth-order valence-electron chi connectivity index (χ4n) is 7.00. The normalized spacial score (nSPS) is 16.3. The lowest BCUT2D eigenvalue weighted by Crippen LogP contribution is -2.52. The Morgan fingerprint density at radius 3 is 2.27 bits per heavy atom. The van der Waals surface area contributed by atoms with E-state index in [9.17, 15) is 14.7 Å². The Labute approximate surface area is 291 Å². The minimum absolute atomic E-state index is 0.0129. The van der Waals surface area contributed by atoms with Crippen LogP contribution in [0.15, 0.2) is 103 Å². The van der Waals surface area contributed by atoms with E-state index in [0.29, 0.717) is 58.5 Å². The Morgan fingerprint density at radius 2 is 1.53 bits per heavy atom. The molecule has 4 aromatic carbocycles. The number of carbonyl (C=O) groups is 2. The van der Waals surface area contributed by atoms with Crippen molar-refractivity contribution in [2.75, 3.05) is 37.7 Å². The van der Waals surface area contributed by atoms with Crippen molar-refractivity contribution < 1.29 is 19.4 Å². The van der Waals surface area contributed by atoms with Gasteiger partial charge in [0.15, 0.2) is 0 Å². The summed E-state index contributed by atoms with van der Waals surface area (Å²) in [5, 5.41) is 10.5. The smallest absolute Gasteiger partial charge is 0.264 e. The van der Waals surface area contributed by atoms with Gasteiger partial charge in [-0.15, -0.1) is 0 Å². The molecule has 2 amide bonds. The highest BCUT2D eigenvalue weighted by Crippen LogP contribution is 2.36. The number of hydrogen-bond donors (Lipinski definition) is 1. The monoisotopic (exact) mass is 674 g/mol. The van der Waals surface area contributed by atoms with E-state index in [1.54, 1.807) is 35.2 Å². The van der Waals surface area contributed by atoms with Crippen LogP contribution < -0.4 is 4.90 Å². The molecule has 250 valence electrons. The van der Waals surface area contributed by atoms with E-state index in [1.165, 1.54) is 5.56 Å². The minimum atomic E-state index is -0.232. The second-order valence-electron chi connectivity index (χ2n) is 12.7. The molecule has 0 bridgehead atoms. The minimum Gasteiger partial charge on any atom is -0.508 e. The molecule has 0 spiro atoms. The molecular formula is C40H39ClN4O4. The van der Waals surface area contributed by atoms with E-state index < -0.39 is 0 Å². The zero-order valence-electron chi connectivity index (χ0n) is 27.7. The van der Waals surface area contributed by atoms with Crippen LogP contribution in [0.1, 0.15) is 37.5 Å². The molecule has 8 nitrogen and oxygen atoms in total. The summed E-state index contributed by atoms with van der Waals surface area (Å²) in [7, 11) is 1.91. The number of halogens is 1. The van der Waals surface area contributed by atoms with Gasteiger partial charge in [-0.05, 0) is 85.1 Å². The van der Waals surface area contributed by atoms with Gasteiger partial charge in [-0.3, -0.25) is 19.4 Å². The van der Waals surface area contributed by atoms with E-state index in [4.69, 9.17) is 16.3 Å². The molecule has 0 saturated carbocycles. The number of aromatic nitrogens is 1. The van der Waals surface area contributed by atoms with Crippen LogP contribution in [-0.2, 0) is 24.8 Å². The van der Waals surface area contributed by atoms with Gasteiger partial charge in [0, 0.05) is 78.2 Å². The number of anilines is 2. The van der Waals surface area contributed by atoms with Gasteiger partial charge in [0.1, 0.15) is 5.75 Å². The Morgan fingerprint density at radius 1 is 0.857 bits per heavy atom. The Kier molecular flexibility index (Phi) is 9.27. The first-order valence-electron chi connectivity index (χ1n) is 16.6. The van der Waals surface area contributed by atoms with Crippen LogP contribution in [0.2, 0.25) is 5.02 Å². The molecule has 7 rings (SSSR count). The number of rotatable bonds is 7. The molecule has 3 heterocycles. The molecule has 9 heteroatoms. The molecule has 0 aliphatic carbocycles. The molecular weight excluding hydrogens is 636 g/mol. The summed E-state index contributed by atoms with van der Waals surface area (Å²) in [6.07, 6.45) is 0.774. The molecule has 0 radical (unpaired) electrons. The Bertz CT molecular complexity index is 1990. The van der Waals surface area contributed by atoms with E-state index >= 15 is 0 Å². The predicted molar refractivity (Wildman–Crippen MR) is 193 cm³/mol. The molecule has 0 unspecified atom stereocenters. The number of benzene rings is 4. The topological polar surface area (TPSA) is 78.2 Å². The number of aromatic hydroxyl groups is 1. The first kappa shape index (κ1) is 32.6. The highest BCUT2D eigenvalue weighted by atomic mass is 35.5. The molecule has 49 heavy (non-hydrogen) atoms. The Hall–Kier alpha value is -4.89. The van der Waals surface area contributed by atoms with Crippen molar-refractivity contribution in [1.29, 1.82) is 0 Å². The molecule has 1 N–H and O–H groups in total. The van der Waals surface area contributed by atoms with Crippen molar-refractivity contribution in [2.24, 2.45) is 7.05 Å². The van der Waals surface area contributed by atoms with Crippen molar-refractivity contribution in [2.45, 2.75) is 25.9 Å². The summed E-state index contributed by atoms with van der Waals surface area (Å²) in [6, 6.07) is 31.6. The number of carbonyl (C=O) groups excluding carboxylic acids is 2. The maximum atomic E-state index is 14.7. The standard InChI is InChI=1S/C40H39ClN4O4/c1-27-36(40(48)45(31-10-4-3-5-11-31)32-13-15-34(46)16-14-32)24-38(42(27)2)37-23-30(41)12-17-35(37)39(47)44-25-29-9-7-6-8-28(29)22-33(44)26-43-18-20-49-21-19-43/h3-17,23-24,33,46H,18-22,25-26H2,1-2H3/t33-/m0/s1. The number of nitrogens with zero attached hydrogens (tertiary/aromatic N) is 4. The Balaban J connectivity index is 1.27. The number of ether oxygens (including phenoxy) is 1. The average Bonchev–Trinajstić information content (AvgIpc) is 3.42. The van der Waals surface area contributed by atoms with Crippen LogP contribution in [0.3, 0.4) is 0 Å². The van der Waals surface area contributed by atoms with E-state index in [1.807, 2.05) is 78.0 Å². The number of phenols is 1. The van der Waals surface area contributed by atoms with Crippen molar-refractivity contribution in [3.63, 3.8) is 0 Å². The van der Waals surface area contributed by atoms with Crippen molar-refractivity contribution in [1.82, 2.24) is 14.4 Å². The maximum Gasteiger partial charge on any atom is 0.264 e. The molecule has 1 atom stereocenters. The number of hydrogen-bond acceptors (Lipinski definition) is 5. The lowest BCUT2D eigenvalue weighted by atomic mass is 9.92. The van der Waals surface area contributed by atoms with Gasteiger partial charge < -0.3 is 19.3 Å². The van der Waals surface area contributed by atoms with E-state index in [0.717, 1.165) is 37.3 Å². The van der Waals surface area contributed by atoms with Gasteiger partial charge in [0.05, 0.1) is 18.8 Å². The second-order valence-corrected chi connectivity index (χ2v) is 13.2. The van der Waals surface area contributed by atoms with Gasteiger partial charge in [-0.1, -0.05) is 54.1 Å². The third-order valence-electron chi connectivity index (χ3n) is 9.77. The van der Waals surface area contributed by atoms with Gasteiger partial charge >= 0.3 is 0 Å². The van der Waals surface area contributed by atoms with Gasteiger partial charge in [-0.25, -0.2) is 0 Å². The maximum absolute atomic E-state index is 14.7. The zero-order valence-corrected chi connectivity index (χ0v) is 28.4. The second kappa shape index (κ2) is 13.9. The van der Waals surface area contributed by atoms with Crippen LogP contribution in [0.25, 0.3) is 11.3 Å². The number of phenolic OH excluding ortho intramolecular Hbond substituents is 1. The lowest BCUT2D eigenvalue weighted by Gasteiger charge is -2.40. The van der Waals surface area contributed by atoms with Crippen molar-refractivity contribution in [3.05, 3.63) is 136 Å². The highest BCUT2D eigenvalue weighted by Gasteiger charge is 2.34. The summed E-state index contributed by atoms with van der Waals surface area (Å²) in [5.74, 6) is -0.185. The van der Waals surface area contributed by atoms with E-state index in [-0.39, 0.29) is 23.6 Å². The summed E-state index contributed by atoms with van der Waals surface area (Å²) in [5.41, 5.74) is 6.90. The van der Waals surface area contributed by atoms with Crippen LogP contribution in [0.5, 0.6) is 5.75 Å². The first-order chi connectivity index (χ1) is 23.8. The molecule has 1 fully saturated rings. The molecule has 5 aromatic rings. The van der Waals surface area contributed by atoms with Crippen molar-refractivity contribution in [3.8, 4) is 17.0 Å². The molecule has 1 saturated heterocycles. The predicted octanol–water partition coefficient (Wildman–Crippen LogP) is 7.24. The molecule has 1 aromatic heterocycles. The third kappa shape index (κ3) is 6.59. The third-order valence-corrected chi connectivity index (χ3v) is 10.0. The lowest BCUT2D eigenvalue weighted by molar-refractivity contribution is 0.0193. The SMILES string of the molecule is Cc1c(C(=O)N(c2ccccc2)c2ccc(O)cc2)cc(-c2cc(Cl)ccc2C(=O)N2Cc3ccccc3C[C@H]2CN2CCOCC2)n1C. The average molecular weight is 675 g/mol. The summed E-state index contributed by atoms with van der Waals surface area (Å²) < 4.78 is 7.55. The number of morpholine rings is 1. The summed E-state index contributed by atoms with van der Waals surface area (Å²) in [6.45, 7) is 6.26. The number of fused-ring (bicyclic) bond motifs is 1. The number of para-hydroxylation sites is 1. The summed E-state index contributed by atoms with van der Waals surface area (Å²) in [4.78, 5) is 35.2.